The molecule has 1 saturated carbocycles. The number of amides is 3. The lowest BCUT2D eigenvalue weighted by atomic mass is 9.85. The van der Waals surface area contributed by atoms with Gasteiger partial charge >= 0.3 is 0 Å². The van der Waals surface area contributed by atoms with E-state index in [0.717, 1.165) is 11.4 Å². The van der Waals surface area contributed by atoms with Gasteiger partial charge in [-0.3, -0.25) is 14.4 Å². The molecule has 1 heterocycles. The Morgan fingerprint density at radius 1 is 1.12 bits per heavy atom. The van der Waals surface area contributed by atoms with Gasteiger partial charge in [0.25, 0.3) is 17.7 Å². The summed E-state index contributed by atoms with van der Waals surface area (Å²) in [4.78, 5) is 37.8. The highest BCUT2D eigenvalue weighted by Gasteiger charge is 2.59. The van der Waals surface area contributed by atoms with Crippen molar-refractivity contribution in [2.75, 3.05) is 11.9 Å². The Bertz CT molecular complexity index is 1170. The van der Waals surface area contributed by atoms with Crippen LogP contribution in [0.2, 0.25) is 5.02 Å². The topological polar surface area (TPSA) is 88.1 Å². The molecule has 2 bridgehead atoms. The second kappa shape index (κ2) is 8.44. The van der Waals surface area contributed by atoms with Gasteiger partial charge in [0.1, 0.15) is 11.6 Å². The summed E-state index contributed by atoms with van der Waals surface area (Å²) in [6.45, 7) is -0.319. The second-order valence-corrected chi connectivity index (χ2v) is 8.70. The van der Waals surface area contributed by atoms with Crippen LogP contribution in [-0.4, -0.2) is 35.6 Å². The molecule has 1 N–H and O–H groups in total. The molecule has 4 atom stereocenters. The number of benzene rings is 2. The number of halogens is 2. The van der Waals surface area contributed by atoms with Crippen LogP contribution in [-0.2, 0) is 14.4 Å². The van der Waals surface area contributed by atoms with E-state index < -0.39 is 11.7 Å². The molecule has 7 nitrogen and oxygen atoms in total. The van der Waals surface area contributed by atoms with Crippen LogP contribution >= 0.6 is 11.6 Å². The molecule has 0 radical (unpaired) electrons. The minimum atomic E-state index is -0.444. The molecule has 2 fully saturated rings. The Labute approximate surface area is 193 Å². The lowest BCUT2D eigenvalue weighted by molar-refractivity contribution is -0.140. The molecular formula is C24H19ClFN3O4. The summed E-state index contributed by atoms with van der Waals surface area (Å²) in [5.74, 6) is -1.61. The van der Waals surface area contributed by atoms with Crippen molar-refractivity contribution >= 4 is 41.2 Å². The zero-order valence-electron chi connectivity index (χ0n) is 17.3. The van der Waals surface area contributed by atoms with Crippen LogP contribution in [0.4, 0.5) is 10.1 Å². The first-order valence-corrected chi connectivity index (χ1v) is 10.9. The molecular weight excluding hydrogens is 449 g/mol. The molecule has 9 heteroatoms. The number of hydrogen-bond acceptors (Lipinski definition) is 5. The number of carbonyl (C=O) groups excluding carboxylic acids is 3. The van der Waals surface area contributed by atoms with Gasteiger partial charge in [0.05, 0.1) is 18.1 Å². The zero-order valence-corrected chi connectivity index (χ0v) is 18.0. The van der Waals surface area contributed by atoms with Gasteiger partial charge in [-0.1, -0.05) is 23.8 Å². The van der Waals surface area contributed by atoms with Crippen LogP contribution in [0.25, 0.3) is 0 Å². The quantitative estimate of drug-likeness (QED) is 0.399. The molecule has 33 heavy (non-hydrogen) atoms. The summed E-state index contributed by atoms with van der Waals surface area (Å²) in [7, 11) is 0. The third-order valence-corrected chi connectivity index (χ3v) is 6.45. The Morgan fingerprint density at radius 3 is 2.45 bits per heavy atom. The molecule has 2 aliphatic carbocycles. The van der Waals surface area contributed by atoms with Crippen molar-refractivity contribution in [3.8, 4) is 5.75 Å². The van der Waals surface area contributed by atoms with Gasteiger partial charge in [-0.2, -0.15) is 10.1 Å². The zero-order chi connectivity index (χ0) is 23.1. The fourth-order valence-electron chi connectivity index (χ4n) is 4.75. The van der Waals surface area contributed by atoms with Crippen molar-refractivity contribution in [2.45, 2.75) is 6.42 Å². The van der Waals surface area contributed by atoms with Crippen LogP contribution in [0, 0.1) is 29.5 Å². The molecule has 2 aromatic rings. The van der Waals surface area contributed by atoms with Crippen molar-refractivity contribution < 1.29 is 23.5 Å². The maximum absolute atomic E-state index is 13.0. The molecule has 168 valence electrons. The highest BCUT2D eigenvalue weighted by molar-refractivity contribution is 6.31. The molecule has 1 aliphatic heterocycles. The van der Waals surface area contributed by atoms with Crippen LogP contribution in [0.3, 0.4) is 0 Å². The number of nitrogens with zero attached hydrogens (tertiary/aromatic N) is 2. The maximum atomic E-state index is 13.0. The number of imide groups is 1. The van der Waals surface area contributed by atoms with Gasteiger partial charge in [-0.25, -0.2) is 4.39 Å². The number of allylic oxidation sites excluding steroid dienone is 2. The Balaban J connectivity index is 1.27. The fraction of sp³-hybridized carbons (Fsp3) is 0.250. The number of rotatable bonds is 6. The van der Waals surface area contributed by atoms with E-state index in [2.05, 4.69) is 10.4 Å². The molecule has 3 aliphatic rings. The first-order valence-electron chi connectivity index (χ1n) is 10.5. The monoisotopic (exact) mass is 467 g/mol. The number of ether oxygens (including phenoxy) is 1. The molecule has 2 aromatic carbocycles. The molecule has 3 amide bonds. The van der Waals surface area contributed by atoms with Crippen molar-refractivity contribution in [1.82, 2.24) is 5.01 Å². The number of anilines is 1. The lowest BCUT2D eigenvalue weighted by Crippen LogP contribution is -2.28. The van der Waals surface area contributed by atoms with E-state index in [4.69, 9.17) is 16.3 Å². The van der Waals surface area contributed by atoms with Crippen LogP contribution in [0.15, 0.2) is 59.7 Å². The molecule has 1 saturated heterocycles. The average Bonchev–Trinajstić information content (AvgIpc) is 3.47. The standard InChI is InChI=1S/C24H19ClFN3O4/c25-16-3-8-19(33-12-20(30)28-18-6-4-17(26)5-7-18)15(10-16)11-27-29-23(31)21-13-1-2-14(9-13)22(21)24(29)32/h1-8,10-11,13-14,21-22H,9,12H2,(H,28,30). The number of fused-ring (bicyclic) bond motifs is 5. The van der Waals surface area contributed by atoms with E-state index in [-0.39, 0.29) is 42.1 Å². The van der Waals surface area contributed by atoms with E-state index in [1.165, 1.54) is 30.5 Å². The van der Waals surface area contributed by atoms with Crippen molar-refractivity contribution in [3.05, 3.63) is 71.0 Å². The number of hydrazone groups is 1. The fourth-order valence-corrected chi connectivity index (χ4v) is 4.93. The Kier molecular flexibility index (Phi) is 5.46. The summed E-state index contributed by atoms with van der Waals surface area (Å²) in [5, 5.41) is 8.09. The van der Waals surface area contributed by atoms with E-state index in [1.807, 2.05) is 12.2 Å². The van der Waals surface area contributed by atoms with Crippen LogP contribution < -0.4 is 10.1 Å². The third kappa shape index (κ3) is 4.02. The normalized spacial score (nSPS) is 25.2. The minimum absolute atomic E-state index is 0.0985. The second-order valence-electron chi connectivity index (χ2n) is 8.26. The van der Waals surface area contributed by atoms with E-state index in [1.54, 1.807) is 18.2 Å². The Morgan fingerprint density at radius 2 is 1.79 bits per heavy atom. The van der Waals surface area contributed by atoms with E-state index >= 15 is 0 Å². The first kappa shape index (κ1) is 21.3. The first-order chi connectivity index (χ1) is 15.9. The maximum Gasteiger partial charge on any atom is 0.262 e. The van der Waals surface area contributed by atoms with Gasteiger partial charge in [0.2, 0.25) is 0 Å². The summed E-state index contributed by atoms with van der Waals surface area (Å²) in [6, 6.07) is 10.1. The Hall–Kier alpha value is -3.52. The number of nitrogens with one attached hydrogen (secondary N) is 1. The third-order valence-electron chi connectivity index (χ3n) is 6.22. The minimum Gasteiger partial charge on any atom is -0.483 e. The SMILES string of the molecule is O=C(COc1ccc(Cl)cc1C=NN1C(=O)C2C3C=CC(C3)C2C1=O)Nc1ccc(F)cc1. The van der Waals surface area contributed by atoms with Crippen molar-refractivity contribution in [3.63, 3.8) is 0 Å². The molecule has 0 spiro atoms. The van der Waals surface area contributed by atoms with Gasteiger partial charge in [0, 0.05) is 16.3 Å². The van der Waals surface area contributed by atoms with Gasteiger partial charge in [-0.05, 0) is 60.7 Å². The summed E-state index contributed by atoms with van der Waals surface area (Å²) in [6.07, 6.45) is 6.22. The van der Waals surface area contributed by atoms with E-state index in [0.29, 0.717) is 22.0 Å². The van der Waals surface area contributed by atoms with Gasteiger partial charge in [0.15, 0.2) is 6.61 Å². The van der Waals surface area contributed by atoms with Crippen molar-refractivity contribution in [1.29, 1.82) is 0 Å². The molecule has 4 unspecified atom stereocenters. The average molecular weight is 468 g/mol. The molecule has 0 aromatic heterocycles. The molecule has 5 rings (SSSR count). The predicted octanol–water partition coefficient (Wildman–Crippen LogP) is 3.64. The van der Waals surface area contributed by atoms with Crippen LogP contribution in [0.5, 0.6) is 5.75 Å². The lowest BCUT2D eigenvalue weighted by Gasteiger charge is -2.13. The number of carbonyl (C=O) groups is 3. The van der Waals surface area contributed by atoms with Gasteiger partial charge < -0.3 is 10.1 Å². The van der Waals surface area contributed by atoms with Crippen LogP contribution in [0.1, 0.15) is 12.0 Å². The smallest absolute Gasteiger partial charge is 0.262 e. The highest BCUT2D eigenvalue weighted by atomic mass is 35.5. The van der Waals surface area contributed by atoms with Crippen molar-refractivity contribution in [2.24, 2.45) is 28.8 Å². The predicted molar refractivity (Wildman–Crippen MR) is 119 cm³/mol. The summed E-state index contributed by atoms with van der Waals surface area (Å²) in [5.41, 5.74) is 0.846. The summed E-state index contributed by atoms with van der Waals surface area (Å²) >= 11 is 6.09. The summed E-state index contributed by atoms with van der Waals surface area (Å²) < 4.78 is 18.6. The van der Waals surface area contributed by atoms with Gasteiger partial charge in [-0.15, -0.1) is 0 Å². The van der Waals surface area contributed by atoms with E-state index in [9.17, 15) is 18.8 Å². The number of hydrogen-bond donors (Lipinski definition) is 1. The highest BCUT2D eigenvalue weighted by Crippen LogP contribution is 2.52. The largest absolute Gasteiger partial charge is 0.483 e.